The maximum atomic E-state index is 5.06. The predicted octanol–water partition coefficient (Wildman–Crippen LogP) is 4.77. The first-order valence-corrected chi connectivity index (χ1v) is 12.5. The topological polar surface area (TPSA) is 122 Å². The second-order valence-corrected chi connectivity index (χ2v) is 9.43. The smallest absolute Gasteiger partial charge is 0.205 e. The van der Waals surface area contributed by atoms with E-state index in [4.69, 9.17) is 4.98 Å². The van der Waals surface area contributed by atoms with Gasteiger partial charge in [0.05, 0.1) is 23.1 Å². The molecule has 9 heteroatoms. The van der Waals surface area contributed by atoms with Crippen LogP contribution >= 0.6 is 0 Å². The molecule has 0 saturated heterocycles. The van der Waals surface area contributed by atoms with Gasteiger partial charge in [-0.25, -0.2) is 9.97 Å². The number of hydrogen-bond acceptors (Lipinski definition) is 5. The quantitative estimate of drug-likeness (QED) is 0.334. The van der Waals surface area contributed by atoms with Gasteiger partial charge in [0.1, 0.15) is 5.82 Å². The van der Waals surface area contributed by atoms with Crippen LogP contribution in [0.3, 0.4) is 0 Å². The summed E-state index contributed by atoms with van der Waals surface area (Å²) < 4.78 is 4.34. The molecule has 0 aliphatic heterocycles. The third-order valence-electron chi connectivity index (χ3n) is 6.72. The van der Waals surface area contributed by atoms with Gasteiger partial charge in [0.25, 0.3) is 0 Å². The highest BCUT2D eigenvalue weighted by Gasteiger charge is 2.16. The highest BCUT2D eigenvalue weighted by molar-refractivity contribution is 5.85. The Balaban J connectivity index is 0.00000294. The number of benzene rings is 3. The van der Waals surface area contributed by atoms with Crippen LogP contribution in [0, 0.1) is 6.92 Å². The van der Waals surface area contributed by atoms with Gasteiger partial charge in [0, 0.05) is 37.3 Å². The van der Waals surface area contributed by atoms with Crippen LogP contribution in [0.1, 0.15) is 30.3 Å². The number of aromatic nitrogens is 8. The summed E-state index contributed by atoms with van der Waals surface area (Å²) in [6.07, 6.45) is 5.87. The molecule has 9 nitrogen and oxygen atoms in total. The van der Waals surface area contributed by atoms with Crippen molar-refractivity contribution in [1.29, 1.82) is 0 Å². The van der Waals surface area contributed by atoms with E-state index in [1.807, 2.05) is 36.1 Å². The summed E-state index contributed by atoms with van der Waals surface area (Å²) >= 11 is 0. The van der Waals surface area contributed by atoms with Crippen molar-refractivity contribution in [2.75, 3.05) is 0 Å². The molecule has 0 radical (unpaired) electrons. The molecule has 0 unspecified atom stereocenters. The number of aromatic amines is 1. The monoisotopic (exact) mass is 506 g/mol. The van der Waals surface area contributed by atoms with Gasteiger partial charge >= 0.3 is 0 Å². The van der Waals surface area contributed by atoms with E-state index in [1.165, 1.54) is 11.1 Å². The van der Waals surface area contributed by atoms with Crippen LogP contribution in [0.25, 0.3) is 44.8 Å². The third-order valence-corrected chi connectivity index (χ3v) is 6.72. The van der Waals surface area contributed by atoms with Crippen LogP contribution in [0.5, 0.6) is 0 Å². The third kappa shape index (κ3) is 4.59. The van der Waals surface area contributed by atoms with Gasteiger partial charge in [0.2, 0.25) is 5.82 Å². The number of fused-ring (bicyclic) bond motifs is 1. The molecule has 38 heavy (non-hydrogen) atoms. The van der Waals surface area contributed by atoms with Crippen molar-refractivity contribution in [1.82, 2.24) is 39.7 Å². The zero-order valence-electron chi connectivity index (χ0n) is 21.7. The molecule has 3 aromatic carbocycles. The molecule has 192 valence electrons. The molecule has 6 rings (SSSR count). The first-order valence-electron chi connectivity index (χ1n) is 12.5. The Morgan fingerprint density at radius 2 is 1.74 bits per heavy atom. The summed E-state index contributed by atoms with van der Waals surface area (Å²) in [5.74, 6) is 1.71. The molecular formula is C29H30N8O. The van der Waals surface area contributed by atoms with Crippen LogP contribution in [-0.2, 0) is 20.0 Å². The minimum absolute atomic E-state index is 0. The second-order valence-electron chi connectivity index (χ2n) is 9.43. The Hall–Kier alpha value is -4.63. The Kier molecular flexibility index (Phi) is 6.85. The molecule has 0 amide bonds. The molecule has 0 saturated carbocycles. The number of nitrogens with zero attached hydrogens (tertiary/aromatic N) is 7. The molecule has 6 aromatic rings. The van der Waals surface area contributed by atoms with Crippen LogP contribution < -0.4 is 0 Å². The van der Waals surface area contributed by atoms with E-state index < -0.39 is 0 Å². The highest BCUT2D eigenvalue weighted by Crippen LogP contribution is 2.31. The summed E-state index contributed by atoms with van der Waals surface area (Å²) in [6, 6.07) is 21.3. The minimum Gasteiger partial charge on any atom is -0.412 e. The van der Waals surface area contributed by atoms with E-state index in [0.717, 1.165) is 64.2 Å². The lowest BCUT2D eigenvalue weighted by Crippen LogP contribution is -2.05. The lowest BCUT2D eigenvalue weighted by Gasteiger charge is -2.12. The summed E-state index contributed by atoms with van der Waals surface area (Å²) in [6.45, 7) is 5.09. The second kappa shape index (κ2) is 10.4. The molecular weight excluding hydrogens is 476 g/mol. The SMILES string of the molecule is CCCc1nc2c(C)cc(-c3cn(C)cn3)cc2n1Cc1ccc(-c2ccccc2-c2nn[nH]n2)cc1.O. The Morgan fingerprint density at radius 3 is 2.42 bits per heavy atom. The van der Waals surface area contributed by atoms with Crippen molar-refractivity contribution in [3.63, 3.8) is 0 Å². The Morgan fingerprint density at radius 1 is 0.947 bits per heavy atom. The van der Waals surface area contributed by atoms with Gasteiger partial charge in [-0.2, -0.15) is 5.21 Å². The average molecular weight is 507 g/mol. The van der Waals surface area contributed by atoms with E-state index in [0.29, 0.717) is 5.82 Å². The zero-order valence-corrected chi connectivity index (χ0v) is 21.7. The standard InChI is InChI=1S/C29H28N8.H2O/c1-4-7-27-31-28-19(2)14-22(25-17-36(3)18-30-25)15-26(28)37(27)16-20-10-12-21(13-11-20)23-8-5-6-9-24(23)29-32-34-35-33-29;/h5-6,8-15,17-18H,4,7,16H2,1-3H3,(H,32,33,34,35);1H2. The van der Waals surface area contributed by atoms with Crippen LogP contribution in [0.2, 0.25) is 0 Å². The first-order chi connectivity index (χ1) is 18.1. The summed E-state index contributed by atoms with van der Waals surface area (Å²) in [5, 5.41) is 14.6. The van der Waals surface area contributed by atoms with Crippen molar-refractivity contribution in [3.8, 4) is 33.8 Å². The van der Waals surface area contributed by atoms with Gasteiger partial charge in [-0.05, 0) is 52.9 Å². The van der Waals surface area contributed by atoms with Crippen molar-refractivity contribution in [2.45, 2.75) is 33.2 Å². The van der Waals surface area contributed by atoms with Crippen molar-refractivity contribution in [3.05, 3.63) is 90.1 Å². The molecule has 3 N–H and O–H groups in total. The molecule has 0 fully saturated rings. The van der Waals surface area contributed by atoms with Crippen LogP contribution in [0.15, 0.2) is 73.2 Å². The molecule has 0 spiro atoms. The number of tetrazole rings is 1. The lowest BCUT2D eigenvalue weighted by atomic mass is 9.98. The Bertz CT molecular complexity index is 1680. The maximum Gasteiger partial charge on any atom is 0.205 e. The number of H-pyrrole nitrogens is 1. The maximum absolute atomic E-state index is 5.06. The first kappa shape index (κ1) is 25.0. The fraction of sp³-hybridized carbons (Fsp3) is 0.207. The van der Waals surface area contributed by atoms with Gasteiger partial charge in [-0.15, -0.1) is 10.2 Å². The van der Waals surface area contributed by atoms with E-state index in [9.17, 15) is 0 Å². The fourth-order valence-corrected chi connectivity index (χ4v) is 4.92. The van der Waals surface area contributed by atoms with E-state index >= 15 is 0 Å². The number of hydrogen-bond donors (Lipinski definition) is 1. The molecule has 3 heterocycles. The summed E-state index contributed by atoms with van der Waals surface area (Å²) in [4.78, 5) is 9.63. The van der Waals surface area contributed by atoms with E-state index in [2.05, 4.69) is 92.7 Å². The van der Waals surface area contributed by atoms with Crippen LogP contribution in [0.4, 0.5) is 0 Å². The number of rotatable bonds is 7. The van der Waals surface area contributed by atoms with E-state index in [-0.39, 0.29) is 5.48 Å². The van der Waals surface area contributed by atoms with Gasteiger partial charge < -0.3 is 14.6 Å². The number of nitrogens with one attached hydrogen (secondary N) is 1. The number of imidazole rings is 2. The predicted molar refractivity (Wildman–Crippen MR) is 148 cm³/mol. The molecule has 3 aromatic heterocycles. The largest absolute Gasteiger partial charge is 0.412 e. The van der Waals surface area contributed by atoms with Gasteiger partial charge in [-0.3, -0.25) is 0 Å². The Labute approximate surface area is 220 Å². The van der Waals surface area contributed by atoms with Gasteiger partial charge in [-0.1, -0.05) is 55.5 Å². The normalized spacial score (nSPS) is 11.1. The van der Waals surface area contributed by atoms with Crippen molar-refractivity contribution in [2.24, 2.45) is 7.05 Å². The fourth-order valence-electron chi connectivity index (χ4n) is 4.92. The summed E-state index contributed by atoms with van der Waals surface area (Å²) in [7, 11) is 2.00. The molecule has 0 bridgehead atoms. The van der Waals surface area contributed by atoms with E-state index in [1.54, 1.807) is 0 Å². The molecule has 0 aliphatic rings. The highest BCUT2D eigenvalue weighted by atomic mass is 16.0. The van der Waals surface area contributed by atoms with Gasteiger partial charge in [0.15, 0.2) is 0 Å². The van der Waals surface area contributed by atoms with Crippen LogP contribution in [-0.4, -0.2) is 45.2 Å². The lowest BCUT2D eigenvalue weighted by molar-refractivity contribution is 0.722. The molecule has 0 atom stereocenters. The zero-order chi connectivity index (χ0) is 25.4. The molecule has 0 aliphatic carbocycles. The van der Waals surface area contributed by atoms with Crippen molar-refractivity contribution < 1.29 is 5.48 Å². The van der Waals surface area contributed by atoms with Crippen molar-refractivity contribution >= 4 is 11.0 Å². The summed E-state index contributed by atoms with van der Waals surface area (Å²) in [5.41, 5.74) is 9.83. The number of aryl methyl sites for hydroxylation is 3. The minimum atomic E-state index is 0. The average Bonchev–Trinajstić information content (AvgIpc) is 3.67.